The van der Waals surface area contributed by atoms with Crippen LogP contribution in [0.5, 0.6) is 0 Å². The Balaban J connectivity index is 1.26. The summed E-state index contributed by atoms with van der Waals surface area (Å²) in [6.07, 6.45) is 7.46. The third-order valence-corrected chi connectivity index (χ3v) is 5.34. The minimum absolute atomic E-state index is 0.0483. The van der Waals surface area contributed by atoms with Crippen LogP contribution in [0.4, 0.5) is 5.82 Å². The van der Waals surface area contributed by atoms with E-state index in [2.05, 4.69) is 15.0 Å². The average molecular weight is 323 g/mol. The Hall–Kier alpha value is -2.24. The van der Waals surface area contributed by atoms with Crippen LogP contribution in [0.1, 0.15) is 42.3 Å². The molecule has 1 saturated carbocycles. The van der Waals surface area contributed by atoms with Crippen LogP contribution in [0.2, 0.25) is 0 Å². The molecule has 0 unspecified atom stereocenters. The Morgan fingerprint density at radius 1 is 1.21 bits per heavy atom. The Kier molecular flexibility index (Phi) is 3.18. The van der Waals surface area contributed by atoms with Crippen LogP contribution in [0.15, 0.2) is 23.1 Å². The molecule has 1 saturated heterocycles. The van der Waals surface area contributed by atoms with Gasteiger partial charge in [0, 0.05) is 37.2 Å². The number of hydrogen-bond acceptors (Lipinski definition) is 5. The van der Waals surface area contributed by atoms with Gasteiger partial charge in [0.05, 0.1) is 12.2 Å². The second kappa shape index (κ2) is 5.40. The minimum atomic E-state index is 0.0483. The summed E-state index contributed by atoms with van der Waals surface area (Å²) < 4.78 is 1.67. The molecule has 1 aliphatic heterocycles. The zero-order valence-electron chi connectivity index (χ0n) is 13.7. The maximum Gasteiger partial charge on any atom is 0.267 e. The summed E-state index contributed by atoms with van der Waals surface area (Å²) in [5, 5.41) is 4.58. The first-order valence-corrected chi connectivity index (χ1v) is 8.94. The molecule has 6 nitrogen and oxygen atoms in total. The fourth-order valence-corrected chi connectivity index (χ4v) is 3.77. The van der Waals surface area contributed by atoms with Crippen molar-refractivity contribution in [3.05, 3.63) is 45.8 Å². The van der Waals surface area contributed by atoms with Crippen molar-refractivity contribution >= 4 is 5.82 Å². The highest BCUT2D eigenvalue weighted by atomic mass is 16.1. The summed E-state index contributed by atoms with van der Waals surface area (Å²) in [5.41, 5.74) is 2.32. The molecule has 3 heterocycles. The first kappa shape index (κ1) is 14.1. The predicted molar refractivity (Wildman–Crippen MR) is 90.2 cm³/mol. The van der Waals surface area contributed by atoms with Crippen molar-refractivity contribution in [1.82, 2.24) is 19.7 Å². The molecule has 2 aromatic rings. The lowest BCUT2D eigenvalue weighted by Gasteiger charge is -2.40. The first-order chi connectivity index (χ1) is 11.8. The summed E-state index contributed by atoms with van der Waals surface area (Å²) in [4.78, 5) is 23.5. The predicted octanol–water partition coefficient (Wildman–Crippen LogP) is 1.54. The van der Waals surface area contributed by atoms with Crippen molar-refractivity contribution in [1.29, 1.82) is 0 Å². The third-order valence-electron chi connectivity index (χ3n) is 5.34. The van der Waals surface area contributed by atoms with Crippen LogP contribution in [0.25, 0.3) is 0 Å². The molecular weight excluding hydrogens is 302 g/mol. The highest BCUT2D eigenvalue weighted by molar-refractivity contribution is 5.41. The van der Waals surface area contributed by atoms with Crippen molar-refractivity contribution in [2.45, 2.75) is 44.6 Å². The van der Waals surface area contributed by atoms with E-state index in [9.17, 15) is 4.79 Å². The second-order valence-corrected chi connectivity index (χ2v) is 7.31. The number of nitrogens with zero attached hydrogens (tertiary/aromatic N) is 5. The maximum atomic E-state index is 12.2. The Morgan fingerprint density at radius 3 is 2.92 bits per heavy atom. The molecule has 0 aromatic carbocycles. The van der Waals surface area contributed by atoms with Crippen LogP contribution in [0.3, 0.4) is 0 Å². The van der Waals surface area contributed by atoms with E-state index in [4.69, 9.17) is 4.98 Å². The number of fused-ring (bicyclic) bond motifs is 1. The molecule has 0 N–H and O–H groups in total. The van der Waals surface area contributed by atoms with Gasteiger partial charge in [0.2, 0.25) is 0 Å². The fourth-order valence-electron chi connectivity index (χ4n) is 3.77. The van der Waals surface area contributed by atoms with E-state index in [0.717, 1.165) is 55.3 Å². The molecule has 2 aliphatic carbocycles. The van der Waals surface area contributed by atoms with E-state index >= 15 is 0 Å². The van der Waals surface area contributed by atoms with Gasteiger partial charge < -0.3 is 4.90 Å². The highest BCUT2D eigenvalue weighted by Gasteiger charge is 2.31. The van der Waals surface area contributed by atoms with E-state index in [-0.39, 0.29) is 5.56 Å². The summed E-state index contributed by atoms with van der Waals surface area (Å²) >= 11 is 0. The van der Waals surface area contributed by atoms with E-state index < -0.39 is 0 Å². The van der Waals surface area contributed by atoms with Gasteiger partial charge in [0.1, 0.15) is 11.6 Å². The molecule has 0 bridgehead atoms. The standard InChI is InChI=1S/C18H21N5O/c24-17-8-14-2-1-3-15(14)21-23(17)11-12-9-22(10-12)16-6-7-19-18(20-16)13-4-5-13/h6-8,12-13H,1-5,9-11H2. The fraction of sp³-hybridized carbons (Fsp3) is 0.556. The molecule has 124 valence electrons. The van der Waals surface area contributed by atoms with E-state index in [1.165, 1.54) is 12.8 Å². The molecule has 0 atom stereocenters. The number of aryl methyl sites for hydroxylation is 2. The van der Waals surface area contributed by atoms with Crippen molar-refractivity contribution in [3.8, 4) is 0 Å². The van der Waals surface area contributed by atoms with E-state index in [1.54, 1.807) is 10.7 Å². The largest absolute Gasteiger partial charge is 0.356 e. The zero-order valence-corrected chi connectivity index (χ0v) is 13.7. The lowest BCUT2D eigenvalue weighted by atomic mass is 10.0. The Morgan fingerprint density at radius 2 is 2.08 bits per heavy atom. The van der Waals surface area contributed by atoms with E-state index in [1.807, 2.05) is 12.3 Å². The van der Waals surface area contributed by atoms with Gasteiger partial charge in [-0.1, -0.05) is 0 Å². The van der Waals surface area contributed by atoms with Crippen LogP contribution in [-0.4, -0.2) is 32.8 Å². The first-order valence-electron chi connectivity index (χ1n) is 8.94. The number of hydrogen-bond donors (Lipinski definition) is 0. The SMILES string of the molecule is O=c1cc2c(nn1CC1CN(c3ccnc(C4CC4)n3)C1)CCC2. The molecule has 0 spiro atoms. The van der Waals surface area contributed by atoms with Crippen molar-refractivity contribution in [2.75, 3.05) is 18.0 Å². The average Bonchev–Trinajstić information content (AvgIpc) is 3.31. The topological polar surface area (TPSA) is 63.9 Å². The number of anilines is 1. The van der Waals surface area contributed by atoms with Gasteiger partial charge in [-0.2, -0.15) is 5.10 Å². The molecule has 0 amide bonds. The van der Waals surface area contributed by atoms with Crippen LogP contribution >= 0.6 is 0 Å². The van der Waals surface area contributed by atoms with Gasteiger partial charge in [-0.15, -0.1) is 0 Å². The monoisotopic (exact) mass is 323 g/mol. The summed E-state index contributed by atoms with van der Waals surface area (Å²) in [7, 11) is 0. The van der Waals surface area contributed by atoms with Crippen molar-refractivity contribution < 1.29 is 0 Å². The van der Waals surface area contributed by atoms with Crippen molar-refractivity contribution in [3.63, 3.8) is 0 Å². The quantitative estimate of drug-likeness (QED) is 0.854. The molecule has 6 heteroatoms. The van der Waals surface area contributed by atoms with Gasteiger partial charge in [-0.25, -0.2) is 14.6 Å². The lowest BCUT2D eigenvalue weighted by molar-refractivity contribution is 0.331. The Bertz CT molecular complexity index is 836. The van der Waals surface area contributed by atoms with Crippen LogP contribution < -0.4 is 10.5 Å². The molecule has 2 fully saturated rings. The molecule has 24 heavy (non-hydrogen) atoms. The smallest absolute Gasteiger partial charge is 0.267 e. The van der Waals surface area contributed by atoms with Gasteiger partial charge in [-0.05, 0) is 43.7 Å². The summed E-state index contributed by atoms with van der Waals surface area (Å²) in [6.45, 7) is 2.59. The second-order valence-electron chi connectivity index (χ2n) is 7.31. The molecule has 2 aromatic heterocycles. The Labute approximate surface area is 140 Å². The number of rotatable bonds is 4. The minimum Gasteiger partial charge on any atom is -0.356 e. The van der Waals surface area contributed by atoms with Gasteiger partial charge in [-0.3, -0.25) is 4.79 Å². The number of aromatic nitrogens is 4. The van der Waals surface area contributed by atoms with Gasteiger partial charge in [0.15, 0.2) is 0 Å². The van der Waals surface area contributed by atoms with Crippen LogP contribution in [0, 0.1) is 5.92 Å². The molecule has 5 rings (SSSR count). The summed E-state index contributed by atoms with van der Waals surface area (Å²) in [6, 6.07) is 3.78. The third kappa shape index (κ3) is 2.50. The normalized spacial score (nSPS) is 20.1. The lowest BCUT2D eigenvalue weighted by Crippen LogP contribution is -2.50. The zero-order chi connectivity index (χ0) is 16.1. The molecule has 3 aliphatic rings. The maximum absolute atomic E-state index is 12.2. The molecular formula is C18H21N5O. The van der Waals surface area contributed by atoms with Gasteiger partial charge >= 0.3 is 0 Å². The molecule has 0 radical (unpaired) electrons. The summed E-state index contributed by atoms with van der Waals surface area (Å²) in [5.74, 6) is 3.06. The van der Waals surface area contributed by atoms with Crippen LogP contribution in [-0.2, 0) is 19.4 Å². The van der Waals surface area contributed by atoms with E-state index in [0.29, 0.717) is 18.4 Å². The van der Waals surface area contributed by atoms with Gasteiger partial charge in [0.25, 0.3) is 5.56 Å². The van der Waals surface area contributed by atoms with Crippen molar-refractivity contribution in [2.24, 2.45) is 5.92 Å². The highest BCUT2D eigenvalue weighted by Crippen LogP contribution is 2.38.